The van der Waals surface area contributed by atoms with Gasteiger partial charge in [0.15, 0.2) is 5.76 Å². The maximum atomic E-state index is 13.4. The summed E-state index contributed by atoms with van der Waals surface area (Å²) in [5.41, 5.74) is 5.77. The van der Waals surface area contributed by atoms with E-state index in [0.717, 1.165) is 0 Å². The summed E-state index contributed by atoms with van der Waals surface area (Å²) in [6.07, 6.45) is 1.31. The SMILES string of the molecule is NC(=O)c1occc1-c1ccccc1F. The van der Waals surface area contributed by atoms with E-state index in [-0.39, 0.29) is 5.76 Å². The second-order valence-electron chi connectivity index (χ2n) is 3.01. The molecule has 76 valence electrons. The van der Waals surface area contributed by atoms with Crippen molar-refractivity contribution in [2.45, 2.75) is 0 Å². The molecule has 4 heteroatoms. The highest BCUT2D eigenvalue weighted by Gasteiger charge is 2.15. The van der Waals surface area contributed by atoms with Gasteiger partial charge in [0, 0.05) is 11.1 Å². The number of rotatable bonds is 2. The fourth-order valence-electron chi connectivity index (χ4n) is 1.39. The lowest BCUT2D eigenvalue weighted by atomic mass is 10.1. The zero-order valence-corrected chi connectivity index (χ0v) is 7.74. The van der Waals surface area contributed by atoms with E-state index in [0.29, 0.717) is 11.1 Å². The Morgan fingerprint density at radius 1 is 1.20 bits per heavy atom. The second kappa shape index (κ2) is 3.57. The fourth-order valence-corrected chi connectivity index (χ4v) is 1.39. The fraction of sp³-hybridized carbons (Fsp3) is 0. The van der Waals surface area contributed by atoms with Gasteiger partial charge in [-0.25, -0.2) is 4.39 Å². The molecular formula is C11H8FNO2. The van der Waals surface area contributed by atoms with Gasteiger partial charge >= 0.3 is 0 Å². The predicted molar refractivity (Wildman–Crippen MR) is 52.6 cm³/mol. The third-order valence-corrected chi connectivity index (χ3v) is 2.05. The summed E-state index contributed by atoms with van der Waals surface area (Å²) in [6.45, 7) is 0. The van der Waals surface area contributed by atoms with Crippen LogP contribution in [0.2, 0.25) is 0 Å². The maximum absolute atomic E-state index is 13.4. The van der Waals surface area contributed by atoms with Gasteiger partial charge in [0.2, 0.25) is 0 Å². The summed E-state index contributed by atoms with van der Waals surface area (Å²) in [5.74, 6) is -1.15. The van der Waals surface area contributed by atoms with Crippen LogP contribution in [0.5, 0.6) is 0 Å². The molecule has 0 aliphatic rings. The van der Waals surface area contributed by atoms with Crippen LogP contribution in [0.4, 0.5) is 4.39 Å². The van der Waals surface area contributed by atoms with Crippen LogP contribution in [0.3, 0.4) is 0 Å². The average Bonchev–Trinajstić information content (AvgIpc) is 2.67. The number of carbonyl (C=O) groups excluding carboxylic acids is 1. The molecule has 2 aromatic rings. The number of amides is 1. The first-order valence-electron chi connectivity index (χ1n) is 4.32. The number of nitrogens with two attached hydrogens (primary N) is 1. The van der Waals surface area contributed by atoms with E-state index in [1.54, 1.807) is 18.2 Å². The number of furan rings is 1. The molecule has 2 rings (SSSR count). The molecule has 0 saturated carbocycles. The Balaban J connectivity index is 2.59. The average molecular weight is 205 g/mol. The first-order chi connectivity index (χ1) is 7.20. The number of benzene rings is 1. The van der Waals surface area contributed by atoms with Crippen LogP contribution < -0.4 is 5.73 Å². The van der Waals surface area contributed by atoms with Crippen molar-refractivity contribution in [2.24, 2.45) is 5.73 Å². The highest BCUT2D eigenvalue weighted by Crippen LogP contribution is 2.26. The second-order valence-corrected chi connectivity index (χ2v) is 3.01. The molecule has 0 spiro atoms. The van der Waals surface area contributed by atoms with Crippen molar-refractivity contribution in [3.8, 4) is 11.1 Å². The molecule has 2 N–H and O–H groups in total. The molecular weight excluding hydrogens is 197 g/mol. The van der Waals surface area contributed by atoms with Crippen LogP contribution in [0.1, 0.15) is 10.6 Å². The summed E-state index contributed by atoms with van der Waals surface area (Å²) in [4.78, 5) is 11.0. The van der Waals surface area contributed by atoms with Crippen molar-refractivity contribution < 1.29 is 13.6 Å². The Morgan fingerprint density at radius 2 is 1.93 bits per heavy atom. The largest absolute Gasteiger partial charge is 0.459 e. The molecule has 0 saturated heterocycles. The molecule has 0 aliphatic carbocycles. The van der Waals surface area contributed by atoms with Gasteiger partial charge in [-0.2, -0.15) is 0 Å². The highest BCUT2D eigenvalue weighted by atomic mass is 19.1. The first-order valence-corrected chi connectivity index (χ1v) is 4.32. The van der Waals surface area contributed by atoms with Crippen LogP contribution in [0, 0.1) is 5.82 Å². The third-order valence-electron chi connectivity index (χ3n) is 2.05. The van der Waals surface area contributed by atoms with Crippen molar-refractivity contribution in [3.05, 3.63) is 48.2 Å². The highest BCUT2D eigenvalue weighted by molar-refractivity contribution is 5.97. The lowest BCUT2D eigenvalue weighted by molar-refractivity contribution is 0.0975. The summed E-state index contributed by atoms with van der Waals surface area (Å²) < 4.78 is 18.3. The molecule has 0 unspecified atom stereocenters. The van der Waals surface area contributed by atoms with Crippen molar-refractivity contribution in [2.75, 3.05) is 0 Å². The summed E-state index contributed by atoms with van der Waals surface area (Å²) in [7, 11) is 0. The van der Waals surface area contributed by atoms with Crippen LogP contribution in [0.25, 0.3) is 11.1 Å². The van der Waals surface area contributed by atoms with Crippen molar-refractivity contribution in [3.63, 3.8) is 0 Å². The van der Waals surface area contributed by atoms with E-state index < -0.39 is 11.7 Å². The van der Waals surface area contributed by atoms with Crippen LogP contribution in [-0.4, -0.2) is 5.91 Å². The minimum atomic E-state index is -0.710. The van der Waals surface area contributed by atoms with E-state index in [4.69, 9.17) is 10.2 Å². The van der Waals surface area contributed by atoms with Crippen molar-refractivity contribution in [1.29, 1.82) is 0 Å². The summed E-state index contributed by atoms with van der Waals surface area (Å²) >= 11 is 0. The topological polar surface area (TPSA) is 56.2 Å². The zero-order valence-electron chi connectivity index (χ0n) is 7.74. The minimum absolute atomic E-state index is 0.0277. The number of primary amides is 1. The molecule has 0 bridgehead atoms. The maximum Gasteiger partial charge on any atom is 0.285 e. The quantitative estimate of drug-likeness (QED) is 0.816. The first kappa shape index (κ1) is 9.45. The van der Waals surface area contributed by atoms with Gasteiger partial charge in [0.25, 0.3) is 5.91 Å². The Morgan fingerprint density at radius 3 is 2.60 bits per heavy atom. The van der Waals surface area contributed by atoms with Crippen molar-refractivity contribution in [1.82, 2.24) is 0 Å². The summed E-state index contributed by atoms with van der Waals surface area (Å²) in [5, 5.41) is 0. The monoisotopic (exact) mass is 205 g/mol. The molecule has 15 heavy (non-hydrogen) atoms. The smallest absolute Gasteiger partial charge is 0.285 e. The van der Waals surface area contributed by atoms with Crippen LogP contribution in [-0.2, 0) is 0 Å². The van der Waals surface area contributed by atoms with Crippen LogP contribution in [0.15, 0.2) is 41.0 Å². The van der Waals surface area contributed by atoms with Gasteiger partial charge in [-0.05, 0) is 12.1 Å². The number of hydrogen-bond donors (Lipinski definition) is 1. The van der Waals surface area contributed by atoms with Gasteiger partial charge in [0.05, 0.1) is 6.26 Å². The zero-order chi connectivity index (χ0) is 10.8. The van der Waals surface area contributed by atoms with Gasteiger partial charge in [0.1, 0.15) is 5.82 Å². The van der Waals surface area contributed by atoms with Gasteiger partial charge in [-0.1, -0.05) is 18.2 Å². The predicted octanol–water partition coefficient (Wildman–Crippen LogP) is 2.18. The van der Waals surface area contributed by atoms with E-state index in [2.05, 4.69) is 0 Å². The van der Waals surface area contributed by atoms with Crippen molar-refractivity contribution >= 4 is 5.91 Å². The Labute approximate surface area is 85.3 Å². The number of halogens is 1. The molecule has 1 aromatic carbocycles. The summed E-state index contributed by atoms with van der Waals surface area (Å²) in [6, 6.07) is 7.64. The molecule has 1 amide bonds. The Bertz CT molecular complexity index is 505. The van der Waals surface area contributed by atoms with Gasteiger partial charge < -0.3 is 10.2 Å². The normalized spacial score (nSPS) is 10.2. The molecule has 3 nitrogen and oxygen atoms in total. The molecule has 0 fully saturated rings. The number of hydrogen-bond acceptors (Lipinski definition) is 2. The van der Waals surface area contributed by atoms with E-state index in [9.17, 15) is 9.18 Å². The standard InChI is InChI=1S/C11H8FNO2/c12-9-4-2-1-3-7(9)8-5-6-15-10(8)11(13)14/h1-6H,(H2,13,14). The number of carbonyl (C=O) groups is 1. The van der Waals surface area contributed by atoms with Crippen LogP contribution >= 0.6 is 0 Å². The lowest BCUT2D eigenvalue weighted by Crippen LogP contribution is -2.10. The molecule has 1 aromatic heterocycles. The molecule has 0 aliphatic heterocycles. The minimum Gasteiger partial charge on any atom is -0.459 e. The van der Waals surface area contributed by atoms with E-state index >= 15 is 0 Å². The van der Waals surface area contributed by atoms with E-state index in [1.807, 2.05) is 0 Å². The Kier molecular flexibility index (Phi) is 2.25. The van der Waals surface area contributed by atoms with E-state index in [1.165, 1.54) is 18.4 Å². The lowest BCUT2D eigenvalue weighted by Gasteiger charge is -2.00. The Hall–Kier alpha value is -2.10. The third kappa shape index (κ3) is 1.61. The molecule has 0 atom stereocenters. The molecule has 1 heterocycles. The molecule has 0 radical (unpaired) electrons. The van der Waals surface area contributed by atoms with Gasteiger partial charge in [-0.15, -0.1) is 0 Å². The van der Waals surface area contributed by atoms with Gasteiger partial charge in [-0.3, -0.25) is 4.79 Å².